The van der Waals surface area contributed by atoms with E-state index in [4.69, 9.17) is 21.4 Å². The molecule has 0 aromatic heterocycles. The smallest absolute Gasteiger partial charge is 0.341 e. The molecular weight excluding hydrogens is 342 g/mol. The Morgan fingerprint density at radius 2 is 1.96 bits per heavy atom. The van der Waals surface area contributed by atoms with Crippen molar-refractivity contribution in [3.63, 3.8) is 0 Å². The molecule has 0 amide bonds. The van der Waals surface area contributed by atoms with Gasteiger partial charge >= 0.3 is 5.97 Å². The average molecular weight is 364 g/mol. The number of ether oxygens (including phenoxy) is 1. The minimum atomic E-state index is -1.000. The molecule has 2 aromatic rings. The Labute approximate surface area is 152 Å². The fourth-order valence-corrected chi connectivity index (χ4v) is 2.64. The summed E-state index contributed by atoms with van der Waals surface area (Å²) in [6, 6.07) is 14.7. The van der Waals surface area contributed by atoms with Gasteiger partial charge < -0.3 is 20.3 Å². The predicted octanol–water partition coefficient (Wildman–Crippen LogP) is 3.06. The van der Waals surface area contributed by atoms with Gasteiger partial charge in [0, 0.05) is 17.6 Å². The van der Waals surface area contributed by atoms with E-state index in [1.807, 2.05) is 31.2 Å². The molecular formula is C19H22ClNO4. The van der Waals surface area contributed by atoms with Gasteiger partial charge in [-0.25, -0.2) is 4.79 Å². The van der Waals surface area contributed by atoms with Crippen LogP contribution in [0.5, 0.6) is 5.75 Å². The summed E-state index contributed by atoms with van der Waals surface area (Å²) in [5, 5.41) is 22.7. The maximum absolute atomic E-state index is 10.5. The molecule has 6 heteroatoms. The Hall–Kier alpha value is -2.08. The minimum absolute atomic E-state index is 0.166. The van der Waals surface area contributed by atoms with E-state index in [-0.39, 0.29) is 12.6 Å². The molecule has 5 nitrogen and oxygen atoms in total. The molecule has 0 bridgehead atoms. The Balaban J connectivity index is 1.79. The van der Waals surface area contributed by atoms with E-state index in [9.17, 15) is 9.90 Å². The van der Waals surface area contributed by atoms with Gasteiger partial charge in [-0.3, -0.25) is 0 Å². The van der Waals surface area contributed by atoms with Crippen LogP contribution in [0.3, 0.4) is 0 Å². The van der Waals surface area contributed by atoms with Crippen LogP contribution in [0, 0.1) is 0 Å². The number of rotatable bonds is 9. The van der Waals surface area contributed by atoms with Gasteiger partial charge in [0.1, 0.15) is 5.75 Å². The number of carbonyl (C=O) groups is 1. The van der Waals surface area contributed by atoms with Crippen LogP contribution in [-0.4, -0.2) is 35.4 Å². The lowest BCUT2D eigenvalue weighted by Crippen LogP contribution is -2.32. The molecule has 0 aliphatic heterocycles. The van der Waals surface area contributed by atoms with Crippen molar-refractivity contribution in [2.75, 3.05) is 13.2 Å². The van der Waals surface area contributed by atoms with Crippen molar-refractivity contribution in [1.29, 1.82) is 0 Å². The van der Waals surface area contributed by atoms with E-state index in [0.29, 0.717) is 17.3 Å². The third kappa shape index (κ3) is 6.74. The van der Waals surface area contributed by atoms with Gasteiger partial charge in [-0.15, -0.1) is 0 Å². The zero-order valence-corrected chi connectivity index (χ0v) is 14.7. The normalized spacial score (nSPS) is 13.2. The second-order valence-electron chi connectivity index (χ2n) is 5.91. The maximum Gasteiger partial charge on any atom is 0.341 e. The van der Waals surface area contributed by atoms with E-state index >= 15 is 0 Å². The van der Waals surface area contributed by atoms with Crippen molar-refractivity contribution < 1.29 is 19.7 Å². The highest BCUT2D eigenvalue weighted by Crippen LogP contribution is 2.18. The van der Waals surface area contributed by atoms with Gasteiger partial charge in [0.25, 0.3) is 0 Å². The lowest BCUT2D eigenvalue weighted by Gasteiger charge is -2.18. The SMILES string of the molecule is C[C@H](Cc1ccc(OCC(=O)O)cc1)NCC(O)c1cccc(Cl)c1. The van der Waals surface area contributed by atoms with Gasteiger partial charge in [-0.1, -0.05) is 35.9 Å². The number of hydrogen-bond acceptors (Lipinski definition) is 4. The van der Waals surface area contributed by atoms with E-state index in [2.05, 4.69) is 5.32 Å². The molecule has 0 aliphatic rings. The van der Waals surface area contributed by atoms with Crippen molar-refractivity contribution in [2.45, 2.75) is 25.5 Å². The van der Waals surface area contributed by atoms with Crippen LogP contribution < -0.4 is 10.1 Å². The summed E-state index contributed by atoms with van der Waals surface area (Å²) in [6.45, 7) is 2.12. The second-order valence-corrected chi connectivity index (χ2v) is 6.35. The molecule has 1 unspecified atom stereocenters. The van der Waals surface area contributed by atoms with Crippen LogP contribution in [0.4, 0.5) is 0 Å². The highest BCUT2D eigenvalue weighted by Gasteiger charge is 2.10. The summed E-state index contributed by atoms with van der Waals surface area (Å²) >= 11 is 5.94. The average Bonchev–Trinajstić information content (AvgIpc) is 2.59. The molecule has 0 heterocycles. The van der Waals surface area contributed by atoms with Crippen molar-refractivity contribution in [3.8, 4) is 5.75 Å². The molecule has 3 N–H and O–H groups in total. The Morgan fingerprint density at radius 1 is 1.24 bits per heavy atom. The quantitative estimate of drug-likeness (QED) is 0.638. The zero-order chi connectivity index (χ0) is 18.2. The standard InChI is InChI=1S/C19H22ClNO4/c1-13(21-11-18(22)15-3-2-4-16(20)10-15)9-14-5-7-17(8-6-14)25-12-19(23)24/h2-8,10,13,18,21-22H,9,11-12H2,1H3,(H,23,24)/t13-,18?/m1/s1. The third-order valence-electron chi connectivity index (χ3n) is 3.72. The highest BCUT2D eigenvalue weighted by molar-refractivity contribution is 6.30. The van der Waals surface area contributed by atoms with Crippen LogP contribution in [0.15, 0.2) is 48.5 Å². The van der Waals surface area contributed by atoms with Gasteiger partial charge in [0.2, 0.25) is 0 Å². The number of aliphatic hydroxyl groups excluding tert-OH is 1. The summed E-state index contributed by atoms with van der Waals surface area (Å²) in [5.74, 6) is -0.469. The molecule has 0 aliphatic carbocycles. The molecule has 25 heavy (non-hydrogen) atoms. The van der Waals surface area contributed by atoms with Crippen molar-refractivity contribution >= 4 is 17.6 Å². The molecule has 2 aromatic carbocycles. The van der Waals surface area contributed by atoms with E-state index in [1.165, 1.54) is 0 Å². The summed E-state index contributed by atoms with van der Waals surface area (Å²) in [7, 11) is 0. The van der Waals surface area contributed by atoms with Crippen molar-refractivity contribution in [2.24, 2.45) is 0 Å². The van der Waals surface area contributed by atoms with Gasteiger partial charge in [0.05, 0.1) is 6.10 Å². The highest BCUT2D eigenvalue weighted by atomic mass is 35.5. The molecule has 134 valence electrons. The lowest BCUT2D eigenvalue weighted by atomic mass is 10.1. The van der Waals surface area contributed by atoms with E-state index in [0.717, 1.165) is 17.5 Å². The topological polar surface area (TPSA) is 78.8 Å². The second kappa shape index (κ2) is 9.42. The van der Waals surface area contributed by atoms with Gasteiger partial charge in [0.15, 0.2) is 6.61 Å². The summed E-state index contributed by atoms with van der Waals surface area (Å²) in [4.78, 5) is 10.5. The first-order valence-corrected chi connectivity index (χ1v) is 8.42. The molecule has 0 radical (unpaired) electrons. The lowest BCUT2D eigenvalue weighted by molar-refractivity contribution is -0.139. The Bertz CT molecular complexity index is 690. The molecule has 2 rings (SSSR count). The first kappa shape index (κ1) is 19.2. The van der Waals surface area contributed by atoms with E-state index in [1.54, 1.807) is 24.3 Å². The molecule has 0 spiro atoms. The van der Waals surface area contributed by atoms with Gasteiger partial charge in [-0.05, 0) is 48.7 Å². The van der Waals surface area contributed by atoms with Crippen LogP contribution in [0.25, 0.3) is 0 Å². The number of hydrogen-bond donors (Lipinski definition) is 3. The number of aliphatic carboxylic acids is 1. The fourth-order valence-electron chi connectivity index (χ4n) is 2.44. The fraction of sp³-hybridized carbons (Fsp3) is 0.316. The van der Waals surface area contributed by atoms with Crippen LogP contribution >= 0.6 is 11.6 Å². The first-order chi connectivity index (χ1) is 11.9. The summed E-state index contributed by atoms with van der Waals surface area (Å²) in [6.07, 6.45) is 0.162. The van der Waals surface area contributed by atoms with Crippen LogP contribution in [0.2, 0.25) is 5.02 Å². The van der Waals surface area contributed by atoms with Crippen molar-refractivity contribution in [1.82, 2.24) is 5.32 Å². The molecule has 0 saturated carbocycles. The van der Waals surface area contributed by atoms with E-state index < -0.39 is 12.1 Å². The largest absolute Gasteiger partial charge is 0.482 e. The van der Waals surface area contributed by atoms with Crippen molar-refractivity contribution in [3.05, 3.63) is 64.7 Å². The molecule has 2 atom stereocenters. The number of carboxylic acids is 1. The summed E-state index contributed by atoms with van der Waals surface area (Å²) in [5.41, 5.74) is 1.88. The predicted molar refractivity (Wildman–Crippen MR) is 97.2 cm³/mol. The number of aliphatic hydroxyl groups is 1. The minimum Gasteiger partial charge on any atom is -0.482 e. The number of benzene rings is 2. The number of halogens is 1. The maximum atomic E-state index is 10.5. The molecule has 0 saturated heterocycles. The zero-order valence-electron chi connectivity index (χ0n) is 14.0. The first-order valence-electron chi connectivity index (χ1n) is 8.04. The van der Waals surface area contributed by atoms with Crippen LogP contribution in [-0.2, 0) is 11.2 Å². The Kier molecular flexibility index (Phi) is 7.25. The number of carboxylic acid groups (broad SMARTS) is 1. The Morgan fingerprint density at radius 3 is 2.60 bits per heavy atom. The monoisotopic (exact) mass is 363 g/mol. The van der Waals surface area contributed by atoms with Gasteiger partial charge in [-0.2, -0.15) is 0 Å². The molecule has 0 fully saturated rings. The summed E-state index contributed by atoms with van der Waals surface area (Å²) < 4.78 is 5.11. The van der Waals surface area contributed by atoms with Crippen LogP contribution in [0.1, 0.15) is 24.2 Å². The third-order valence-corrected chi connectivity index (χ3v) is 3.96. The number of nitrogens with one attached hydrogen (secondary N) is 1.